The van der Waals surface area contributed by atoms with Gasteiger partial charge in [0.15, 0.2) is 5.69 Å². The number of fused-ring (bicyclic) bond motifs is 1. The molecule has 6 nitrogen and oxygen atoms in total. The number of halogens is 3. The van der Waals surface area contributed by atoms with Gasteiger partial charge in [0.2, 0.25) is 0 Å². The van der Waals surface area contributed by atoms with Gasteiger partial charge in [-0.3, -0.25) is 9.89 Å². The summed E-state index contributed by atoms with van der Waals surface area (Å²) in [7, 11) is 3.81. The molecule has 2 aromatic rings. The normalized spacial score (nSPS) is 14.2. The largest absolute Gasteiger partial charge is 0.416 e. The first-order valence-corrected chi connectivity index (χ1v) is 9.12. The number of benzene rings is 1. The zero-order valence-corrected chi connectivity index (χ0v) is 15.9. The number of carbonyl (C=O) groups excluding carboxylic acids is 1. The van der Waals surface area contributed by atoms with E-state index in [1.54, 1.807) is 4.90 Å². The second kappa shape index (κ2) is 8.32. The predicted octanol–water partition coefficient (Wildman–Crippen LogP) is 2.28. The molecule has 9 heteroatoms. The molecule has 0 aliphatic carbocycles. The quantitative estimate of drug-likeness (QED) is 0.788. The Labute approximate surface area is 161 Å². The molecule has 3 rings (SSSR count). The number of hydrogen-bond donors (Lipinski definition) is 2. The summed E-state index contributed by atoms with van der Waals surface area (Å²) in [6.45, 7) is 2.71. The van der Waals surface area contributed by atoms with Crippen LogP contribution in [-0.2, 0) is 25.7 Å². The molecule has 1 aliphatic rings. The van der Waals surface area contributed by atoms with Crippen LogP contribution in [0.25, 0.3) is 0 Å². The van der Waals surface area contributed by atoms with E-state index in [2.05, 4.69) is 15.5 Å². The van der Waals surface area contributed by atoms with Crippen molar-refractivity contribution in [2.75, 3.05) is 33.7 Å². The van der Waals surface area contributed by atoms with E-state index in [9.17, 15) is 18.0 Å². The van der Waals surface area contributed by atoms with Crippen molar-refractivity contribution < 1.29 is 18.0 Å². The monoisotopic (exact) mass is 395 g/mol. The van der Waals surface area contributed by atoms with Gasteiger partial charge in [-0.15, -0.1) is 0 Å². The molecule has 1 amide bonds. The molecule has 2 N–H and O–H groups in total. The third-order valence-corrected chi connectivity index (χ3v) is 4.77. The number of nitrogens with one attached hydrogen (secondary N) is 2. The van der Waals surface area contributed by atoms with Crippen molar-refractivity contribution >= 4 is 5.91 Å². The lowest BCUT2D eigenvalue weighted by Gasteiger charge is -2.25. The highest BCUT2D eigenvalue weighted by molar-refractivity contribution is 5.94. The van der Waals surface area contributed by atoms with Crippen molar-refractivity contribution in [2.45, 2.75) is 25.7 Å². The first-order chi connectivity index (χ1) is 13.3. The van der Waals surface area contributed by atoms with E-state index < -0.39 is 11.7 Å². The number of aromatic amines is 1. The molecule has 0 spiro atoms. The van der Waals surface area contributed by atoms with Crippen molar-refractivity contribution in [1.29, 1.82) is 0 Å². The predicted molar refractivity (Wildman–Crippen MR) is 98.7 cm³/mol. The Bertz CT molecular complexity index is 814. The maximum Gasteiger partial charge on any atom is 0.416 e. The lowest BCUT2D eigenvalue weighted by molar-refractivity contribution is -0.137. The van der Waals surface area contributed by atoms with Crippen molar-refractivity contribution in [3.05, 3.63) is 52.3 Å². The molecule has 152 valence electrons. The third-order valence-electron chi connectivity index (χ3n) is 4.77. The molecule has 0 saturated heterocycles. The number of amides is 1. The van der Waals surface area contributed by atoms with Gasteiger partial charge < -0.3 is 15.1 Å². The van der Waals surface area contributed by atoms with Crippen molar-refractivity contribution in [3.8, 4) is 0 Å². The minimum absolute atomic E-state index is 0.219. The number of nitrogens with zero attached hydrogens (tertiary/aromatic N) is 3. The maximum absolute atomic E-state index is 13.1. The Balaban J connectivity index is 1.80. The zero-order valence-electron chi connectivity index (χ0n) is 15.9. The molecular weight excluding hydrogens is 371 g/mol. The Kier molecular flexibility index (Phi) is 6.04. The lowest BCUT2D eigenvalue weighted by Crippen LogP contribution is -2.37. The van der Waals surface area contributed by atoms with Crippen LogP contribution in [0.5, 0.6) is 0 Å². The van der Waals surface area contributed by atoms with Crippen molar-refractivity contribution in [2.24, 2.45) is 0 Å². The number of alkyl halides is 3. The Morgan fingerprint density at radius 3 is 2.54 bits per heavy atom. The fraction of sp³-hybridized carbons (Fsp3) is 0.474. The summed E-state index contributed by atoms with van der Waals surface area (Å²) in [6.07, 6.45) is -3.59. The Hall–Kier alpha value is -2.39. The molecule has 0 unspecified atom stereocenters. The van der Waals surface area contributed by atoms with E-state index in [-0.39, 0.29) is 12.5 Å². The van der Waals surface area contributed by atoms with Crippen LogP contribution >= 0.6 is 0 Å². The Morgan fingerprint density at radius 1 is 1.18 bits per heavy atom. The second-order valence-electron chi connectivity index (χ2n) is 7.18. The molecule has 1 aromatic heterocycles. The fourth-order valence-electron chi connectivity index (χ4n) is 3.14. The van der Waals surface area contributed by atoms with E-state index in [0.717, 1.165) is 36.4 Å². The minimum atomic E-state index is -4.37. The number of carbonyl (C=O) groups is 1. The van der Waals surface area contributed by atoms with Crippen LogP contribution in [0.1, 0.15) is 32.9 Å². The van der Waals surface area contributed by atoms with Gasteiger partial charge in [0, 0.05) is 50.4 Å². The van der Waals surface area contributed by atoms with Gasteiger partial charge in [-0.05, 0) is 31.8 Å². The van der Waals surface area contributed by atoms with Crippen molar-refractivity contribution in [3.63, 3.8) is 0 Å². The minimum Gasteiger partial charge on any atom is -0.332 e. The summed E-state index contributed by atoms with van der Waals surface area (Å²) < 4.78 is 38.3. The summed E-state index contributed by atoms with van der Waals surface area (Å²) in [5.41, 5.74) is 2.16. The number of likely N-dealkylation sites (N-methyl/N-ethyl adjacent to an activating group) is 1. The summed E-state index contributed by atoms with van der Waals surface area (Å²) in [5.74, 6) is -0.219. The molecular formula is C19H24F3N5O. The second-order valence-corrected chi connectivity index (χ2v) is 7.18. The SMILES string of the molecule is CN(C)CCN(Cc1ccc(C(F)(F)F)cc1)C(=O)c1n[nH]c2c1CNCC2. The number of hydrogen-bond acceptors (Lipinski definition) is 4. The summed E-state index contributed by atoms with van der Waals surface area (Å²) in [5, 5.41) is 10.4. The fourth-order valence-corrected chi connectivity index (χ4v) is 3.14. The molecule has 0 fully saturated rings. The lowest BCUT2D eigenvalue weighted by atomic mass is 10.1. The number of aromatic nitrogens is 2. The molecule has 0 bridgehead atoms. The molecule has 1 aromatic carbocycles. The van der Waals surface area contributed by atoms with Crippen LogP contribution in [0.4, 0.5) is 13.2 Å². The van der Waals surface area contributed by atoms with Crippen molar-refractivity contribution in [1.82, 2.24) is 25.3 Å². The number of rotatable bonds is 6. The average molecular weight is 395 g/mol. The van der Waals surface area contributed by atoms with E-state index in [1.165, 1.54) is 12.1 Å². The highest BCUT2D eigenvalue weighted by atomic mass is 19.4. The summed E-state index contributed by atoms with van der Waals surface area (Å²) in [4.78, 5) is 16.7. The van der Waals surface area contributed by atoms with Gasteiger partial charge in [0.05, 0.1) is 5.56 Å². The molecule has 0 radical (unpaired) electrons. The van der Waals surface area contributed by atoms with E-state index in [4.69, 9.17) is 0 Å². The first-order valence-electron chi connectivity index (χ1n) is 9.12. The zero-order chi connectivity index (χ0) is 20.3. The molecule has 0 saturated carbocycles. The highest BCUT2D eigenvalue weighted by Crippen LogP contribution is 2.29. The molecule has 28 heavy (non-hydrogen) atoms. The average Bonchev–Trinajstić information content (AvgIpc) is 3.08. The van der Waals surface area contributed by atoms with Gasteiger partial charge in [-0.2, -0.15) is 18.3 Å². The standard InChI is InChI=1S/C19H24F3N5O/c1-26(2)9-10-27(12-13-3-5-14(6-4-13)19(20,21)22)18(28)17-15-11-23-8-7-16(15)24-25-17/h3-6,23H,7-12H2,1-2H3,(H,24,25). The van der Waals surface area contributed by atoms with Crippen LogP contribution < -0.4 is 5.32 Å². The van der Waals surface area contributed by atoms with Crippen LogP contribution in [0.2, 0.25) is 0 Å². The summed E-state index contributed by atoms with van der Waals surface area (Å²) >= 11 is 0. The topological polar surface area (TPSA) is 64.3 Å². The van der Waals surface area contributed by atoms with Gasteiger partial charge in [0.25, 0.3) is 5.91 Å². The van der Waals surface area contributed by atoms with Gasteiger partial charge in [0.1, 0.15) is 0 Å². The Morgan fingerprint density at radius 2 is 1.89 bits per heavy atom. The van der Waals surface area contributed by atoms with E-state index in [1.807, 2.05) is 19.0 Å². The van der Waals surface area contributed by atoms with E-state index >= 15 is 0 Å². The number of H-pyrrole nitrogens is 1. The molecule has 0 atom stereocenters. The highest BCUT2D eigenvalue weighted by Gasteiger charge is 2.30. The van der Waals surface area contributed by atoms with Gasteiger partial charge in [-0.1, -0.05) is 12.1 Å². The summed E-state index contributed by atoms with van der Waals surface area (Å²) in [6, 6.07) is 4.93. The van der Waals surface area contributed by atoms with Gasteiger partial charge >= 0.3 is 6.18 Å². The molecule has 2 heterocycles. The van der Waals surface area contributed by atoms with Gasteiger partial charge in [-0.25, -0.2) is 0 Å². The van der Waals surface area contributed by atoms with Crippen LogP contribution in [-0.4, -0.2) is 59.6 Å². The molecule has 1 aliphatic heterocycles. The van der Waals surface area contributed by atoms with Crippen LogP contribution in [0.15, 0.2) is 24.3 Å². The first kappa shape index (κ1) is 20.3. The van der Waals surface area contributed by atoms with Crippen LogP contribution in [0, 0.1) is 0 Å². The van der Waals surface area contributed by atoms with E-state index in [0.29, 0.717) is 30.9 Å². The van der Waals surface area contributed by atoms with Crippen LogP contribution in [0.3, 0.4) is 0 Å². The smallest absolute Gasteiger partial charge is 0.332 e. The third kappa shape index (κ3) is 4.71. The maximum atomic E-state index is 13.1.